The van der Waals surface area contributed by atoms with Crippen LogP contribution in [-0.4, -0.2) is 6.29 Å². The number of carbonyl (C=O) groups excluding carboxylic acids is 1. The maximum atomic E-state index is 10.7. The summed E-state index contributed by atoms with van der Waals surface area (Å²) in [6.45, 7) is 6.63. The largest absolute Gasteiger partial charge is 0.303 e. The van der Waals surface area contributed by atoms with E-state index in [4.69, 9.17) is 0 Å². The number of unbranched alkanes of at least 4 members (excludes halogenated alkanes) is 2. The minimum absolute atomic E-state index is 0.210. The Balaban J connectivity index is 2.56. The van der Waals surface area contributed by atoms with Crippen LogP contribution in [0.3, 0.4) is 0 Å². The predicted molar refractivity (Wildman–Crippen MR) is 69.4 cm³/mol. The van der Waals surface area contributed by atoms with Crippen LogP contribution in [0.1, 0.15) is 65.7 Å². The lowest BCUT2D eigenvalue weighted by Crippen LogP contribution is -2.00. The van der Waals surface area contributed by atoms with E-state index in [1.165, 1.54) is 38.5 Å². The molecule has 2 atom stereocenters. The van der Waals surface area contributed by atoms with Crippen molar-refractivity contribution in [1.29, 1.82) is 0 Å². The van der Waals surface area contributed by atoms with Gasteiger partial charge in [0.25, 0.3) is 0 Å². The van der Waals surface area contributed by atoms with Crippen LogP contribution in [0, 0.1) is 11.8 Å². The molecule has 0 spiro atoms. The number of hydrogen-bond acceptors (Lipinski definition) is 1. The molecule has 0 bridgehead atoms. The molecule has 1 heteroatoms. The van der Waals surface area contributed by atoms with E-state index in [1.54, 1.807) is 11.1 Å². The summed E-state index contributed by atoms with van der Waals surface area (Å²) in [6, 6.07) is 0. The van der Waals surface area contributed by atoms with Gasteiger partial charge in [-0.15, -0.1) is 0 Å². The normalized spacial score (nSPS) is 22.6. The summed E-state index contributed by atoms with van der Waals surface area (Å²) < 4.78 is 0. The minimum atomic E-state index is 0.210. The summed E-state index contributed by atoms with van der Waals surface area (Å²) in [5.74, 6) is 0.979. The van der Waals surface area contributed by atoms with Crippen molar-refractivity contribution in [2.24, 2.45) is 11.8 Å². The van der Waals surface area contributed by atoms with Gasteiger partial charge in [0.1, 0.15) is 6.29 Å². The smallest absolute Gasteiger partial charge is 0.123 e. The van der Waals surface area contributed by atoms with Crippen molar-refractivity contribution in [3.05, 3.63) is 11.1 Å². The zero-order valence-corrected chi connectivity index (χ0v) is 11.1. The van der Waals surface area contributed by atoms with Crippen molar-refractivity contribution in [1.82, 2.24) is 0 Å². The molecule has 0 aromatic rings. The van der Waals surface area contributed by atoms with Crippen LogP contribution in [0.25, 0.3) is 0 Å². The Kier molecular flexibility index (Phi) is 5.79. The fourth-order valence-corrected chi connectivity index (χ4v) is 2.73. The summed E-state index contributed by atoms with van der Waals surface area (Å²) in [5, 5.41) is 0. The number of allylic oxidation sites excluding steroid dienone is 2. The van der Waals surface area contributed by atoms with Crippen LogP contribution in [0.2, 0.25) is 0 Å². The molecule has 1 rings (SSSR count). The standard InChI is InChI=1S/C15H26O/c1-4-5-6-7-15-13(3)8-9-14(15)10-12(2)11-16/h11-13H,4-10H2,1-3H3. The van der Waals surface area contributed by atoms with Crippen molar-refractivity contribution < 1.29 is 4.79 Å². The first-order valence-corrected chi connectivity index (χ1v) is 6.85. The summed E-state index contributed by atoms with van der Waals surface area (Å²) in [7, 11) is 0. The van der Waals surface area contributed by atoms with Gasteiger partial charge >= 0.3 is 0 Å². The highest BCUT2D eigenvalue weighted by molar-refractivity contribution is 5.53. The lowest BCUT2D eigenvalue weighted by Gasteiger charge is -2.12. The van der Waals surface area contributed by atoms with Gasteiger partial charge < -0.3 is 4.79 Å². The van der Waals surface area contributed by atoms with Crippen LogP contribution in [0.15, 0.2) is 11.1 Å². The predicted octanol–water partition coefficient (Wildman–Crippen LogP) is 4.52. The van der Waals surface area contributed by atoms with E-state index in [0.29, 0.717) is 0 Å². The van der Waals surface area contributed by atoms with E-state index in [2.05, 4.69) is 13.8 Å². The minimum Gasteiger partial charge on any atom is -0.303 e. The fourth-order valence-electron chi connectivity index (χ4n) is 2.73. The second-order valence-electron chi connectivity index (χ2n) is 5.34. The molecule has 2 unspecified atom stereocenters. The molecule has 1 aliphatic rings. The van der Waals surface area contributed by atoms with Crippen LogP contribution < -0.4 is 0 Å². The Hall–Kier alpha value is -0.590. The zero-order valence-electron chi connectivity index (χ0n) is 11.1. The first-order chi connectivity index (χ1) is 7.69. The Morgan fingerprint density at radius 1 is 1.44 bits per heavy atom. The molecule has 0 amide bonds. The van der Waals surface area contributed by atoms with Gasteiger partial charge in [-0.2, -0.15) is 0 Å². The SMILES string of the molecule is CCCCCC1=C(CC(C)C=O)CCC1C. The molecule has 1 nitrogen and oxygen atoms in total. The molecule has 0 fully saturated rings. The maximum absolute atomic E-state index is 10.7. The van der Waals surface area contributed by atoms with Gasteiger partial charge in [-0.1, -0.05) is 44.8 Å². The lowest BCUT2D eigenvalue weighted by molar-refractivity contribution is -0.110. The Morgan fingerprint density at radius 3 is 2.81 bits per heavy atom. The Labute approximate surface area is 100 Å². The van der Waals surface area contributed by atoms with Gasteiger partial charge in [0, 0.05) is 5.92 Å². The third-order valence-electron chi connectivity index (χ3n) is 3.78. The lowest BCUT2D eigenvalue weighted by atomic mass is 9.93. The van der Waals surface area contributed by atoms with E-state index in [1.807, 2.05) is 6.92 Å². The van der Waals surface area contributed by atoms with Crippen LogP contribution in [-0.2, 0) is 4.79 Å². The summed E-state index contributed by atoms with van der Waals surface area (Å²) >= 11 is 0. The van der Waals surface area contributed by atoms with Crippen LogP contribution in [0.4, 0.5) is 0 Å². The van der Waals surface area contributed by atoms with Crippen molar-refractivity contribution in [2.45, 2.75) is 65.7 Å². The summed E-state index contributed by atoms with van der Waals surface area (Å²) in [5.41, 5.74) is 3.28. The van der Waals surface area contributed by atoms with Gasteiger partial charge in [-0.05, 0) is 38.0 Å². The number of aldehydes is 1. The third-order valence-corrected chi connectivity index (χ3v) is 3.78. The molecule has 0 heterocycles. The maximum Gasteiger partial charge on any atom is 0.123 e. The first kappa shape index (κ1) is 13.5. The Morgan fingerprint density at radius 2 is 2.19 bits per heavy atom. The molecular formula is C15H26O. The van der Waals surface area contributed by atoms with Crippen LogP contribution in [0.5, 0.6) is 0 Å². The summed E-state index contributed by atoms with van der Waals surface area (Å²) in [4.78, 5) is 10.7. The molecule has 16 heavy (non-hydrogen) atoms. The Bertz CT molecular complexity index is 252. The quantitative estimate of drug-likeness (QED) is 0.352. The molecule has 1 aliphatic carbocycles. The van der Waals surface area contributed by atoms with Crippen LogP contribution >= 0.6 is 0 Å². The molecule has 0 aromatic heterocycles. The zero-order chi connectivity index (χ0) is 12.0. The molecular weight excluding hydrogens is 196 g/mol. The monoisotopic (exact) mass is 222 g/mol. The van der Waals surface area contributed by atoms with E-state index < -0.39 is 0 Å². The van der Waals surface area contributed by atoms with E-state index in [0.717, 1.165) is 18.6 Å². The molecule has 92 valence electrons. The van der Waals surface area contributed by atoms with Gasteiger partial charge in [0.2, 0.25) is 0 Å². The first-order valence-electron chi connectivity index (χ1n) is 6.85. The van der Waals surface area contributed by atoms with Gasteiger partial charge in [-0.25, -0.2) is 0 Å². The average molecular weight is 222 g/mol. The summed E-state index contributed by atoms with van der Waals surface area (Å²) in [6.07, 6.45) is 9.89. The molecule has 0 aromatic carbocycles. The van der Waals surface area contributed by atoms with E-state index in [9.17, 15) is 4.79 Å². The molecule has 0 aliphatic heterocycles. The van der Waals surface area contributed by atoms with Crippen molar-refractivity contribution in [2.75, 3.05) is 0 Å². The third kappa shape index (κ3) is 3.77. The number of rotatable bonds is 7. The molecule has 0 saturated carbocycles. The number of hydrogen-bond donors (Lipinski definition) is 0. The second kappa shape index (κ2) is 6.88. The van der Waals surface area contributed by atoms with Gasteiger partial charge in [0.05, 0.1) is 0 Å². The molecule has 0 radical (unpaired) electrons. The van der Waals surface area contributed by atoms with Crippen molar-refractivity contribution >= 4 is 6.29 Å². The highest BCUT2D eigenvalue weighted by Crippen LogP contribution is 2.37. The van der Waals surface area contributed by atoms with E-state index >= 15 is 0 Å². The topological polar surface area (TPSA) is 17.1 Å². The molecule has 0 saturated heterocycles. The van der Waals surface area contributed by atoms with E-state index in [-0.39, 0.29) is 5.92 Å². The van der Waals surface area contributed by atoms with Crippen molar-refractivity contribution in [3.63, 3.8) is 0 Å². The van der Waals surface area contributed by atoms with Gasteiger partial charge in [0.15, 0.2) is 0 Å². The van der Waals surface area contributed by atoms with Gasteiger partial charge in [-0.3, -0.25) is 0 Å². The number of carbonyl (C=O) groups is 1. The highest BCUT2D eigenvalue weighted by atomic mass is 16.1. The molecule has 0 N–H and O–H groups in total. The highest BCUT2D eigenvalue weighted by Gasteiger charge is 2.22. The fraction of sp³-hybridized carbons (Fsp3) is 0.800. The average Bonchev–Trinajstić information content (AvgIpc) is 2.61. The second-order valence-corrected chi connectivity index (χ2v) is 5.34. The van der Waals surface area contributed by atoms with Crippen molar-refractivity contribution in [3.8, 4) is 0 Å².